The van der Waals surface area contributed by atoms with Gasteiger partial charge in [0.05, 0.1) is 18.3 Å². The number of pyridine rings is 2. The van der Waals surface area contributed by atoms with Gasteiger partial charge in [0.25, 0.3) is 0 Å². The molecule has 1 saturated heterocycles. The summed E-state index contributed by atoms with van der Waals surface area (Å²) in [5, 5.41) is 20.4. The lowest BCUT2D eigenvalue weighted by atomic mass is 10.00. The molecule has 1 N–H and O–H groups in total. The number of aromatic nitrogens is 5. The summed E-state index contributed by atoms with van der Waals surface area (Å²) in [5.74, 6) is 0. The molecule has 1 aliphatic rings. The van der Waals surface area contributed by atoms with Crippen LogP contribution in [-0.2, 0) is 5.60 Å². The van der Waals surface area contributed by atoms with E-state index >= 15 is 0 Å². The summed E-state index contributed by atoms with van der Waals surface area (Å²) in [6.07, 6.45) is 7.83. The van der Waals surface area contributed by atoms with Gasteiger partial charge >= 0.3 is 0 Å². The molecule has 0 aliphatic carbocycles. The normalized spacial score (nSPS) is 21.1. The molecule has 24 heavy (non-hydrogen) atoms. The monoisotopic (exact) mass is 324 g/mol. The first-order valence-corrected chi connectivity index (χ1v) is 8.15. The quantitative estimate of drug-likeness (QED) is 0.792. The largest absolute Gasteiger partial charge is 0.381 e. The van der Waals surface area contributed by atoms with Crippen molar-refractivity contribution in [2.24, 2.45) is 0 Å². The number of fused-ring (bicyclic) bond motifs is 1. The molecular formula is C17H20N6O. The summed E-state index contributed by atoms with van der Waals surface area (Å²) in [5.41, 5.74) is 1.60. The van der Waals surface area contributed by atoms with Gasteiger partial charge in [0.1, 0.15) is 11.3 Å². The molecule has 3 aromatic rings. The van der Waals surface area contributed by atoms with Gasteiger partial charge in [0, 0.05) is 48.7 Å². The Bertz CT molecular complexity index is 871. The highest BCUT2D eigenvalue weighted by Crippen LogP contribution is 2.36. The van der Waals surface area contributed by atoms with Crippen molar-refractivity contribution in [1.82, 2.24) is 25.0 Å². The topological polar surface area (TPSA) is 80.0 Å². The van der Waals surface area contributed by atoms with Crippen molar-refractivity contribution in [3.8, 4) is 0 Å². The zero-order valence-electron chi connectivity index (χ0n) is 13.8. The van der Waals surface area contributed by atoms with Gasteiger partial charge in [0.15, 0.2) is 0 Å². The Morgan fingerprint density at radius 1 is 1.25 bits per heavy atom. The Morgan fingerprint density at radius 3 is 2.92 bits per heavy atom. The van der Waals surface area contributed by atoms with Gasteiger partial charge in [-0.1, -0.05) is 5.21 Å². The van der Waals surface area contributed by atoms with Gasteiger partial charge in [-0.3, -0.25) is 9.97 Å². The number of aliphatic hydroxyl groups is 1. The van der Waals surface area contributed by atoms with Gasteiger partial charge in [0.2, 0.25) is 0 Å². The van der Waals surface area contributed by atoms with Crippen LogP contribution >= 0.6 is 0 Å². The van der Waals surface area contributed by atoms with Crippen LogP contribution in [0.25, 0.3) is 10.9 Å². The summed E-state index contributed by atoms with van der Waals surface area (Å²) in [6, 6.07) is 4.10. The summed E-state index contributed by atoms with van der Waals surface area (Å²) in [7, 11) is 0. The molecule has 3 aromatic heterocycles. The highest BCUT2D eigenvalue weighted by molar-refractivity contribution is 5.90. The molecule has 0 unspecified atom stereocenters. The van der Waals surface area contributed by atoms with Crippen molar-refractivity contribution >= 4 is 16.6 Å². The van der Waals surface area contributed by atoms with E-state index in [1.165, 1.54) is 0 Å². The maximum Gasteiger partial charge on any atom is 0.129 e. The van der Waals surface area contributed by atoms with Crippen LogP contribution in [0.2, 0.25) is 0 Å². The molecule has 7 nitrogen and oxygen atoms in total. The molecule has 1 fully saturated rings. The smallest absolute Gasteiger partial charge is 0.129 e. The fourth-order valence-electron chi connectivity index (χ4n) is 3.20. The fraction of sp³-hybridized carbons (Fsp3) is 0.412. The molecular weight excluding hydrogens is 304 g/mol. The fourth-order valence-corrected chi connectivity index (χ4v) is 3.20. The second kappa shape index (κ2) is 5.52. The third-order valence-electron chi connectivity index (χ3n) is 4.62. The number of β-amino-alcohol motifs (C(OH)–C–C–N with tert-alkyl or cyclic N) is 1. The number of nitrogens with zero attached hydrogens (tertiary/aromatic N) is 6. The lowest BCUT2D eigenvalue weighted by molar-refractivity contribution is 0.0559. The molecule has 0 amide bonds. The number of hydrogen-bond acceptors (Lipinski definition) is 6. The van der Waals surface area contributed by atoms with Crippen molar-refractivity contribution in [3.63, 3.8) is 0 Å². The highest BCUT2D eigenvalue weighted by Gasteiger charge is 2.40. The van der Waals surface area contributed by atoms with Crippen LogP contribution in [0.4, 0.5) is 5.69 Å². The van der Waals surface area contributed by atoms with Crippen LogP contribution in [0.1, 0.15) is 32.0 Å². The maximum absolute atomic E-state index is 11.1. The van der Waals surface area contributed by atoms with Crippen molar-refractivity contribution in [2.45, 2.75) is 31.9 Å². The van der Waals surface area contributed by atoms with Gasteiger partial charge in [-0.2, -0.15) is 0 Å². The van der Waals surface area contributed by atoms with Gasteiger partial charge in [-0.15, -0.1) is 5.10 Å². The minimum atomic E-state index is -0.981. The van der Waals surface area contributed by atoms with Gasteiger partial charge in [-0.05, 0) is 26.0 Å². The van der Waals surface area contributed by atoms with E-state index in [2.05, 4.69) is 25.2 Å². The van der Waals surface area contributed by atoms with Crippen LogP contribution in [0.5, 0.6) is 0 Å². The second-order valence-electron chi connectivity index (χ2n) is 6.60. The van der Waals surface area contributed by atoms with Crippen molar-refractivity contribution in [3.05, 3.63) is 42.6 Å². The van der Waals surface area contributed by atoms with Gasteiger partial charge in [-0.25, -0.2) is 4.68 Å². The van der Waals surface area contributed by atoms with Crippen LogP contribution in [-0.4, -0.2) is 43.2 Å². The Hall–Kier alpha value is -2.54. The minimum absolute atomic E-state index is 0.225. The van der Waals surface area contributed by atoms with E-state index in [1.54, 1.807) is 17.1 Å². The van der Waals surface area contributed by atoms with Crippen molar-refractivity contribution in [2.75, 3.05) is 18.0 Å². The summed E-state index contributed by atoms with van der Waals surface area (Å²) < 4.78 is 1.78. The van der Waals surface area contributed by atoms with Crippen LogP contribution < -0.4 is 4.90 Å². The SMILES string of the molecule is CC(C)n1cc([C@@]2(O)CCN(c3ccnc4ccncc34)C2)nn1. The van der Waals surface area contributed by atoms with E-state index in [1.807, 2.05) is 38.4 Å². The Kier molecular flexibility index (Phi) is 3.45. The third-order valence-corrected chi connectivity index (χ3v) is 4.62. The molecule has 4 heterocycles. The Morgan fingerprint density at radius 2 is 2.12 bits per heavy atom. The molecule has 7 heteroatoms. The first-order valence-electron chi connectivity index (χ1n) is 8.15. The number of hydrogen-bond donors (Lipinski definition) is 1. The summed E-state index contributed by atoms with van der Waals surface area (Å²) in [4.78, 5) is 10.7. The van der Waals surface area contributed by atoms with E-state index in [4.69, 9.17) is 0 Å². The second-order valence-corrected chi connectivity index (χ2v) is 6.60. The average molecular weight is 324 g/mol. The van der Waals surface area contributed by atoms with Crippen LogP contribution in [0.15, 0.2) is 36.9 Å². The summed E-state index contributed by atoms with van der Waals surface area (Å²) in [6.45, 7) is 5.32. The van der Waals surface area contributed by atoms with Crippen LogP contribution in [0.3, 0.4) is 0 Å². The first-order chi connectivity index (χ1) is 11.6. The van der Waals surface area contributed by atoms with Crippen molar-refractivity contribution < 1.29 is 5.11 Å². The lowest BCUT2D eigenvalue weighted by Gasteiger charge is -2.23. The summed E-state index contributed by atoms with van der Waals surface area (Å²) >= 11 is 0. The van der Waals surface area contributed by atoms with E-state index in [-0.39, 0.29) is 6.04 Å². The minimum Gasteiger partial charge on any atom is -0.381 e. The highest BCUT2D eigenvalue weighted by atomic mass is 16.3. The molecule has 0 bridgehead atoms. The molecule has 124 valence electrons. The molecule has 1 aliphatic heterocycles. The average Bonchev–Trinajstić information content (AvgIpc) is 3.22. The van der Waals surface area contributed by atoms with Crippen molar-refractivity contribution in [1.29, 1.82) is 0 Å². The predicted molar refractivity (Wildman–Crippen MR) is 90.7 cm³/mol. The van der Waals surface area contributed by atoms with E-state index < -0.39 is 5.60 Å². The van der Waals surface area contributed by atoms with E-state index in [0.29, 0.717) is 18.7 Å². The third kappa shape index (κ3) is 2.41. The van der Waals surface area contributed by atoms with Gasteiger partial charge < -0.3 is 10.0 Å². The van der Waals surface area contributed by atoms with Crippen LogP contribution in [0, 0.1) is 0 Å². The molecule has 4 rings (SSSR count). The van der Waals surface area contributed by atoms with E-state index in [9.17, 15) is 5.11 Å². The number of anilines is 1. The zero-order chi connectivity index (χ0) is 16.7. The predicted octanol–water partition coefficient (Wildman–Crippen LogP) is 1.90. The maximum atomic E-state index is 11.1. The molecule has 0 radical (unpaired) electrons. The lowest BCUT2D eigenvalue weighted by Crippen LogP contribution is -2.31. The number of rotatable bonds is 3. The molecule has 0 saturated carbocycles. The molecule has 1 atom stereocenters. The Labute approximate surface area is 140 Å². The Balaban J connectivity index is 1.65. The molecule has 0 aromatic carbocycles. The van der Waals surface area contributed by atoms with E-state index in [0.717, 1.165) is 23.1 Å². The first kappa shape index (κ1) is 15.0. The standard InChI is InChI=1S/C17H20N6O/c1-12(2)23-10-16(20-21-23)17(24)5-8-22(11-17)15-4-7-19-14-3-6-18-9-13(14)15/h3-4,6-7,9-10,12,24H,5,8,11H2,1-2H3/t17-/m1/s1. The molecule has 0 spiro atoms. The zero-order valence-corrected chi connectivity index (χ0v) is 13.8.